The molecule has 11 heteroatoms. The van der Waals surface area contributed by atoms with Gasteiger partial charge in [-0.1, -0.05) is 64.4 Å². The van der Waals surface area contributed by atoms with Crippen LogP contribution in [0, 0.1) is 6.92 Å². The number of sulfonamides is 1. The number of halogens is 2. The van der Waals surface area contributed by atoms with Gasteiger partial charge in [-0.25, -0.2) is 8.42 Å². The van der Waals surface area contributed by atoms with Crippen molar-refractivity contribution in [1.82, 2.24) is 4.57 Å². The first-order valence-corrected chi connectivity index (χ1v) is 13.5. The van der Waals surface area contributed by atoms with Gasteiger partial charge in [-0.3, -0.25) is 9.52 Å². The lowest BCUT2D eigenvalue weighted by Crippen LogP contribution is -2.20. The van der Waals surface area contributed by atoms with Crippen molar-refractivity contribution in [2.24, 2.45) is 4.99 Å². The maximum absolute atomic E-state index is 13.3. The quantitative estimate of drug-likeness (QED) is 0.329. The largest absolute Gasteiger partial charge is 0.383 e. The van der Waals surface area contributed by atoms with E-state index < -0.39 is 15.9 Å². The predicted molar refractivity (Wildman–Crippen MR) is 140 cm³/mol. The Balaban J connectivity index is 1.77. The predicted octanol–water partition coefficient (Wildman–Crippen LogP) is 5.51. The Hall–Kier alpha value is -2.69. The van der Waals surface area contributed by atoms with Crippen LogP contribution < -0.4 is 9.52 Å². The molecule has 3 aromatic carbocycles. The molecule has 0 saturated carbocycles. The number of hydrogen-bond donors (Lipinski definition) is 1. The Labute approximate surface area is 216 Å². The monoisotopic (exact) mass is 549 g/mol. The number of ether oxygens (including phenoxy) is 1. The van der Waals surface area contributed by atoms with Crippen LogP contribution in [-0.4, -0.2) is 32.6 Å². The minimum absolute atomic E-state index is 0.0933. The number of fused-ring (bicyclic) bond motifs is 1. The summed E-state index contributed by atoms with van der Waals surface area (Å²) in [5.74, 6) is -0.604. The third kappa shape index (κ3) is 5.44. The van der Waals surface area contributed by atoms with Crippen LogP contribution in [0.5, 0.6) is 0 Å². The van der Waals surface area contributed by atoms with Gasteiger partial charge in [0.2, 0.25) is 0 Å². The molecule has 0 unspecified atom stereocenters. The molecule has 0 aliphatic heterocycles. The second-order valence-corrected chi connectivity index (χ2v) is 11.1. The van der Waals surface area contributed by atoms with Gasteiger partial charge in [0.25, 0.3) is 15.9 Å². The van der Waals surface area contributed by atoms with E-state index in [1.165, 1.54) is 35.6 Å². The second-order valence-electron chi connectivity index (χ2n) is 7.62. The van der Waals surface area contributed by atoms with Crippen molar-refractivity contribution in [1.29, 1.82) is 0 Å². The third-order valence-corrected chi connectivity index (χ3v) is 8.40. The minimum Gasteiger partial charge on any atom is -0.383 e. The van der Waals surface area contributed by atoms with Crippen LogP contribution in [0.15, 0.2) is 70.6 Å². The lowest BCUT2D eigenvalue weighted by Gasteiger charge is -2.11. The summed E-state index contributed by atoms with van der Waals surface area (Å²) in [5.41, 5.74) is 1.83. The van der Waals surface area contributed by atoms with Gasteiger partial charge in [0.15, 0.2) is 4.80 Å². The first-order chi connectivity index (χ1) is 16.7. The van der Waals surface area contributed by atoms with E-state index in [2.05, 4.69) is 9.71 Å². The standard InChI is InChI=1S/C24H21Cl2N3O4S2/c1-15-7-9-16(10-8-15)35(31,32)28-19-6-4-3-5-17(19)23(30)27-24-29(13-14-33-2)22-20(34-24)12-11-18(25)21(22)26/h3-12,28H,13-14H2,1-2H3. The third-order valence-electron chi connectivity index (χ3n) is 5.18. The summed E-state index contributed by atoms with van der Waals surface area (Å²) in [6, 6.07) is 16.3. The highest BCUT2D eigenvalue weighted by Crippen LogP contribution is 2.32. The van der Waals surface area contributed by atoms with E-state index in [4.69, 9.17) is 27.9 Å². The van der Waals surface area contributed by atoms with E-state index in [9.17, 15) is 13.2 Å². The smallest absolute Gasteiger partial charge is 0.281 e. The number of nitrogens with one attached hydrogen (secondary N) is 1. The average Bonchev–Trinajstić information content (AvgIpc) is 3.18. The number of carbonyl (C=O) groups excluding carboxylic acids is 1. The van der Waals surface area contributed by atoms with E-state index >= 15 is 0 Å². The number of nitrogens with zero attached hydrogens (tertiary/aromatic N) is 2. The van der Waals surface area contributed by atoms with Gasteiger partial charge < -0.3 is 9.30 Å². The zero-order valence-electron chi connectivity index (χ0n) is 18.8. The molecule has 35 heavy (non-hydrogen) atoms. The van der Waals surface area contributed by atoms with Gasteiger partial charge in [-0.2, -0.15) is 4.99 Å². The molecule has 0 saturated heterocycles. The van der Waals surface area contributed by atoms with Crippen LogP contribution in [0.4, 0.5) is 5.69 Å². The molecule has 1 heterocycles. The number of rotatable bonds is 7. The van der Waals surface area contributed by atoms with Crippen LogP contribution >= 0.6 is 34.5 Å². The minimum atomic E-state index is -3.91. The van der Waals surface area contributed by atoms with Crippen molar-refractivity contribution in [3.8, 4) is 0 Å². The van der Waals surface area contributed by atoms with Crippen LogP contribution in [0.1, 0.15) is 15.9 Å². The van der Waals surface area contributed by atoms with E-state index in [1.807, 2.05) is 13.0 Å². The van der Waals surface area contributed by atoms with E-state index in [1.54, 1.807) is 42.0 Å². The maximum atomic E-state index is 13.3. The molecule has 4 rings (SSSR count). The van der Waals surface area contributed by atoms with Crippen molar-refractivity contribution in [2.75, 3.05) is 18.4 Å². The van der Waals surface area contributed by atoms with E-state index in [-0.39, 0.29) is 16.1 Å². The van der Waals surface area contributed by atoms with Gasteiger partial charge in [0, 0.05) is 13.7 Å². The normalized spacial score (nSPS) is 12.3. The Morgan fingerprint density at radius 2 is 1.80 bits per heavy atom. The second kappa shape index (κ2) is 10.5. The first kappa shape index (κ1) is 25.4. The topological polar surface area (TPSA) is 89.8 Å². The molecule has 0 aliphatic rings. The number of hydrogen-bond acceptors (Lipinski definition) is 5. The maximum Gasteiger partial charge on any atom is 0.281 e. The molecule has 0 spiro atoms. The first-order valence-electron chi connectivity index (χ1n) is 10.4. The molecule has 182 valence electrons. The average molecular weight is 550 g/mol. The van der Waals surface area contributed by atoms with Crippen molar-refractivity contribution >= 4 is 66.4 Å². The van der Waals surface area contributed by atoms with Crippen molar-refractivity contribution in [3.63, 3.8) is 0 Å². The van der Waals surface area contributed by atoms with Gasteiger partial charge in [-0.05, 0) is 43.3 Å². The fraction of sp³-hybridized carbons (Fsp3) is 0.167. The highest BCUT2D eigenvalue weighted by molar-refractivity contribution is 7.92. The van der Waals surface area contributed by atoms with Crippen LogP contribution in [0.2, 0.25) is 10.0 Å². The molecule has 0 aliphatic carbocycles. The molecule has 0 atom stereocenters. The van der Waals surface area contributed by atoms with Crippen molar-refractivity contribution < 1.29 is 17.9 Å². The van der Waals surface area contributed by atoms with Gasteiger partial charge in [-0.15, -0.1) is 0 Å². The van der Waals surface area contributed by atoms with Crippen LogP contribution in [-0.2, 0) is 21.3 Å². The van der Waals surface area contributed by atoms with E-state index in [0.717, 1.165) is 10.3 Å². The summed E-state index contributed by atoms with van der Waals surface area (Å²) in [4.78, 5) is 18.1. The fourth-order valence-corrected chi connectivity index (χ4v) is 6.02. The number of anilines is 1. The molecule has 0 bridgehead atoms. The van der Waals surface area contributed by atoms with Gasteiger partial charge >= 0.3 is 0 Å². The number of aromatic nitrogens is 1. The highest BCUT2D eigenvalue weighted by atomic mass is 35.5. The fourth-order valence-electron chi connectivity index (χ4n) is 3.41. The molecule has 7 nitrogen and oxygen atoms in total. The van der Waals surface area contributed by atoms with Crippen LogP contribution in [0.3, 0.4) is 0 Å². The number of para-hydroxylation sites is 1. The number of benzene rings is 3. The Kier molecular flexibility index (Phi) is 7.63. The number of thiazole rings is 1. The Bertz CT molecular complexity index is 1580. The molecule has 0 radical (unpaired) electrons. The molecular formula is C24H21Cl2N3O4S2. The van der Waals surface area contributed by atoms with Crippen LogP contribution in [0.25, 0.3) is 10.2 Å². The number of aryl methyl sites for hydroxylation is 1. The SMILES string of the molecule is COCCn1c(=NC(=O)c2ccccc2NS(=O)(=O)c2ccc(C)cc2)sc2ccc(Cl)c(Cl)c21. The summed E-state index contributed by atoms with van der Waals surface area (Å²) in [6.45, 7) is 2.63. The van der Waals surface area contributed by atoms with Crippen molar-refractivity contribution in [3.05, 3.63) is 86.6 Å². The summed E-state index contributed by atoms with van der Waals surface area (Å²) in [7, 11) is -2.33. The summed E-state index contributed by atoms with van der Waals surface area (Å²) in [5, 5.41) is 0.744. The lowest BCUT2D eigenvalue weighted by atomic mass is 10.2. The van der Waals surface area contributed by atoms with Crippen molar-refractivity contribution in [2.45, 2.75) is 18.4 Å². The molecular weight excluding hydrogens is 529 g/mol. The Morgan fingerprint density at radius 1 is 1.09 bits per heavy atom. The summed E-state index contributed by atoms with van der Waals surface area (Å²) < 4.78 is 36.1. The lowest BCUT2D eigenvalue weighted by molar-refractivity contribution is 0.0998. The molecule has 0 fully saturated rings. The zero-order chi connectivity index (χ0) is 25.2. The molecule has 4 aromatic rings. The summed E-state index contributed by atoms with van der Waals surface area (Å²) in [6.07, 6.45) is 0. The highest BCUT2D eigenvalue weighted by Gasteiger charge is 2.19. The molecule has 1 N–H and O–H groups in total. The summed E-state index contributed by atoms with van der Waals surface area (Å²) >= 11 is 13.9. The number of carbonyl (C=O) groups is 1. The van der Waals surface area contributed by atoms with Gasteiger partial charge in [0.05, 0.1) is 43.0 Å². The van der Waals surface area contributed by atoms with E-state index in [0.29, 0.717) is 33.5 Å². The molecule has 1 aromatic heterocycles. The molecule has 1 amide bonds. The zero-order valence-corrected chi connectivity index (χ0v) is 21.9. The Morgan fingerprint density at radius 3 is 2.51 bits per heavy atom. The van der Waals surface area contributed by atoms with Gasteiger partial charge in [0.1, 0.15) is 0 Å². The number of methoxy groups -OCH3 is 1. The number of amides is 1.